The average molecular weight is 245 g/mol. The maximum absolute atomic E-state index is 4.42. The van der Waals surface area contributed by atoms with E-state index >= 15 is 0 Å². The van der Waals surface area contributed by atoms with Gasteiger partial charge in [-0.2, -0.15) is 5.10 Å². The number of anilines is 1. The highest BCUT2D eigenvalue weighted by molar-refractivity contribution is 5.51. The minimum atomic E-state index is 0.852. The maximum atomic E-state index is 4.42. The van der Waals surface area contributed by atoms with Crippen LogP contribution >= 0.6 is 0 Å². The first-order valence-corrected chi connectivity index (χ1v) is 6.36. The summed E-state index contributed by atoms with van der Waals surface area (Å²) in [6.45, 7) is 7.05. The molecule has 0 aliphatic carbocycles. The van der Waals surface area contributed by atoms with E-state index in [1.165, 1.54) is 0 Å². The number of hydrogen-bond donors (Lipinski definition) is 1. The van der Waals surface area contributed by atoms with Crippen LogP contribution < -0.4 is 5.32 Å². The third kappa shape index (κ3) is 2.50. The number of aromatic nitrogens is 4. The van der Waals surface area contributed by atoms with Gasteiger partial charge < -0.3 is 5.32 Å². The van der Waals surface area contributed by atoms with Crippen molar-refractivity contribution < 1.29 is 0 Å². The van der Waals surface area contributed by atoms with Gasteiger partial charge >= 0.3 is 0 Å². The lowest BCUT2D eigenvalue weighted by atomic mass is 10.1. The topological polar surface area (TPSA) is 55.6 Å². The summed E-state index contributed by atoms with van der Waals surface area (Å²) in [5, 5.41) is 7.71. The molecule has 0 spiro atoms. The first kappa shape index (κ1) is 12.5. The summed E-state index contributed by atoms with van der Waals surface area (Å²) in [5.41, 5.74) is 2.12. The van der Waals surface area contributed by atoms with Gasteiger partial charge in [0.25, 0.3) is 0 Å². The van der Waals surface area contributed by atoms with Crippen LogP contribution in [-0.2, 0) is 6.42 Å². The Labute approximate surface area is 107 Å². The van der Waals surface area contributed by atoms with E-state index < -0.39 is 0 Å². The standard InChI is InChI=1S/C13H19N5/c1-4-6-11-12(14-5-2)15-9-16-13(11)18-8-7-10(3)17-18/h7-9H,4-6H2,1-3H3,(H,14,15,16). The van der Waals surface area contributed by atoms with Crippen LogP contribution in [0.3, 0.4) is 0 Å². The summed E-state index contributed by atoms with van der Waals surface area (Å²) in [7, 11) is 0. The van der Waals surface area contributed by atoms with Crippen molar-refractivity contribution in [1.29, 1.82) is 0 Å². The zero-order valence-electron chi connectivity index (χ0n) is 11.1. The first-order valence-electron chi connectivity index (χ1n) is 6.36. The highest BCUT2D eigenvalue weighted by Crippen LogP contribution is 2.20. The van der Waals surface area contributed by atoms with E-state index in [0.29, 0.717) is 0 Å². The molecule has 0 saturated carbocycles. The van der Waals surface area contributed by atoms with Crippen LogP contribution in [0.15, 0.2) is 18.6 Å². The van der Waals surface area contributed by atoms with Crippen molar-refractivity contribution >= 4 is 5.82 Å². The number of aryl methyl sites for hydroxylation is 1. The first-order chi connectivity index (χ1) is 8.76. The van der Waals surface area contributed by atoms with Gasteiger partial charge in [0, 0.05) is 18.3 Å². The molecule has 2 aromatic heterocycles. The Morgan fingerprint density at radius 3 is 2.72 bits per heavy atom. The summed E-state index contributed by atoms with van der Waals surface area (Å²) in [6, 6.07) is 1.98. The van der Waals surface area contributed by atoms with Gasteiger partial charge in [0.05, 0.1) is 5.69 Å². The van der Waals surface area contributed by atoms with E-state index in [1.54, 1.807) is 6.33 Å². The molecular weight excluding hydrogens is 226 g/mol. The number of rotatable bonds is 5. The Morgan fingerprint density at radius 2 is 2.11 bits per heavy atom. The summed E-state index contributed by atoms with van der Waals surface area (Å²) in [6.07, 6.45) is 5.52. The van der Waals surface area contributed by atoms with Gasteiger partial charge in [-0.25, -0.2) is 14.6 Å². The molecule has 0 aliphatic heterocycles. The van der Waals surface area contributed by atoms with Crippen LogP contribution in [0.4, 0.5) is 5.82 Å². The molecule has 2 rings (SSSR count). The van der Waals surface area contributed by atoms with Crippen LogP contribution in [0.5, 0.6) is 0 Å². The normalized spacial score (nSPS) is 10.6. The molecule has 0 fully saturated rings. The lowest BCUT2D eigenvalue weighted by Gasteiger charge is -2.12. The van der Waals surface area contributed by atoms with E-state index in [2.05, 4.69) is 34.2 Å². The van der Waals surface area contributed by atoms with Crippen molar-refractivity contribution in [2.24, 2.45) is 0 Å². The fraction of sp³-hybridized carbons (Fsp3) is 0.462. The van der Waals surface area contributed by atoms with Crippen molar-refractivity contribution in [1.82, 2.24) is 19.7 Å². The fourth-order valence-electron chi connectivity index (χ4n) is 1.93. The minimum Gasteiger partial charge on any atom is -0.370 e. The van der Waals surface area contributed by atoms with Gasteiger partial charge in [0.1, 0.15) is 12.1 Å². The molecule has 2 heterocycles. The van der Waals surface area contributed by atoms with Crippen molar-refractivity contribution in [2.75, 3.05) is 11.9 Å². The number of nitrogens with zero attached hydrogens (tertiary/aromatic N) is 4. The van der Waals surface area contributed by atoms with E-state index in [-0.39, 0.29) is 0 Å². The Balaban J connectivity index is 2.48. The highest BCUT2D eigenvalue weighted by Gasteiger charge is 2.12. The molecule has 5 heteroatoms. The van der Waals surface area contributed by atoms with Crippen LogP contribution in [0.2, 0.25) is 0 Å². The largest absolute Gasteiger partial charge is 0.370 e. The molecule has 0 atom stereocenters. The monoisotopic (exact) mass is 245 g/mol. The van der Waals surface area contributed by atoms with E-state index in [4.69, 9.17) is 0 Å². The van der Waals surface area contributed by atoms with Gasteiger partial charge in [0.2, 0.25) is 0 Å². The Bertz CT molecular complexity index is 518. The third-order valence-corrected chi connectivity index (χ3v) is 2.71. The average Bonchev–Trinajstić information content (AvgIpc) is 2.78. The van der Waals surface area contributed by atoms with Gasteiger partial charge in [-0.3, -0.25) is 0 Å². The van der Waals surface area contributed by atoms with Crippen LogP contribution in [0.1, 0.15) is 31.5 Å². The lowest BCUT2D eigenvalue weighted by molar-refractivity contribution is 0.791. The Hall–Kier alpha value is -1.91. The zero-order chi connectivity index (χ0) is 13.0. The molecule has 2 aromatic rings. The van der Waals surface area contributed by atoms with Crippen LogP contribution in [0.25, 0.3) is 5.82 Å². The highest BCUT2D eigenvalue weighted by atomic mass is 15.3. The molecule has 0 aromatic carbocycles. The third-order valence-electron chi connectivity index (χ3n) is 2.71. The second-order valence-corrected chi connectivity index (χ2v) is 4.21. The minimum absolute atomic E-state index is 0.852. The molecule has 18 heavy (non-hydrogen) atoms. The summed E-state index contributed by atoms with van der Waals surface area (Å²) >= 11 is 0. The van der Waals surface area contributed by atoms with Gasteiger partial charge in [-0.1, -0.05) is 13.3 Å². The molecule has 5 nitrogen and oxygen atoms in total. The van der Waals surface area contributed by atoms with Crippen molar-refractivity contribution in [2.45, 2.75) is 33.6 Å². The van der Waals surface area contributed by atoms with Crippen LogP contribution in [-0.4, -0.2) is 26.3 Å². The predicted octanol–water partition coefficient (Wildman–Crippen LogP) is 2.36. The number of hydrogen-bond acceptors (Lipinski definition) is 4. The SMILES string of the molecule is CCCc1c(NCC)ncnc1-n1ccc(C)n1. The lowest BCUT2D eigenvalue weighted by Crippen LogP contribution is -2.10. The second-order valence-electron chi connectivity index (χ2n) is 4.21. The molecule has 0 saturated heterocycles. The molecule has 96 valence electrons. The second kappa shape index (κ2) is 5.62. The smallest absolute Gasteiger partial charge is 0.161 e. The van der Waals surface area contributed by atoms with Crippen molar-refractivity contribution in [3.63, 3.8) is 0 Å². The van der Waals surface area contributed by atoms with Crippen molar-refractivity contribution in [3.05, 3.63) is 29.8 Å². The molecular formula is C13H19N5. The van der Waals surface area contributed by atoms with Gasteiger partial charge in [0.15, 0.2) is 5.82 Å². The Morgan fingerprint density at radius 1 is 1.28 bits per heavy atom. The van der Waals surface area contributed by atoms with Gasteiger partial charge in [-0.15, -0.1) is 0 Å². The maximum Gasteiger partial charge on any atom is 0.161 e. The van der Waals surface area contributed by atoms with Crippen LogP contribution in [0, 0.1) is 6.92 Å². The predicted molar refractivity (Wildman–Crippen MR) is 72.0 cm³/mol. The molecule has 0 amide bonds. The summed E-state index contributed by atoms with van der Waals surface area (Å²) in [5.74, 6) is 1.79. The number of nitrogens with one attached hydrogen (secondary N) is 1. The Kier molecular flexibility index (Phi) is 3.92. The summed E-state index contributed by atoms with van der Waals surface area (Å²) in [4.78, 5) is 8.69. The zero-order valence-corrected chi connectivity index (χ0v) is 11.1. The fourth-order valence-corrected chi connectivity index (χ4v) is 1.93. The molecule has 0 unspecified atom stereocenters. The summed E-state index contributed by atoms with van der Waals surface area (Å²) < 4.78 is 1.82. The molecule has 0 radical (unpaired) electrons. The quantitative estimate of drug-likeness (QED) is 0.878. The van der Waals surface area contributed by atoms with Crippen molar-refractivity contribution in [3.8, 4) is 5.82 Å². The van der Waals surface area contributed by atoms with E-state index in [1.807, 2.05) is 23.9 Å². The van der Waals surface area contributed by atoms with E-state index in [0.717, 1.165) is 42.3 Å². The van der Waals surface area contributed by atoms with Gasteiger partial charge in [-0.05, 0) is 26.3 Å². The van der Waals surface area contributed by atoms with E-state index in [9.17, 15) is 0 Å². The molecule has 0 aliphatic rings. The molecule has 1 N–H and O–H groups in total. The molecule has 0 bridgehead atoms.